The molecule has 0 aliphatic carbocycles. The Morgan fingerprint density at radius 3 is 2.40 bits per heavy atom. The molecule has 0 amide bonds. The van der Waals surface area contributed by atoms with Gasteiger partial charge in [-0.3, -0.25) is 4.57 Å². The molecule has 0 radical (unpaired) electrons. The maximum atomic E-state index is 11.9. The van der Waals surface area contributed by atoms with Gasteiger partial charge in [0.25, 0.3) is 0 Å². The molecular weight excluding hydrogens is 379 g/mol. The Labute approximate surface area is 157 Å². The molecule has 0 aliphatic heterocycles. The van der Waals surface area contributed by atoms with Gasteiger partial charge in [0, 0.05) is 24.2 Å². The van der Waals surface area contributed by atoms with Gasteiger partial charge in [-0.05, 0) is 36.2 Å². The minimum atomic E-state index is -3.41. The van der Waals surface area contributed by atoms with E-state index in [1.807, 2.05) is 35.8 Å². The summed E-state index contributed by atoms with van der Waals surface area (Å²) in [4.78, 5) is 4.70. The van der Waals surface area contributed by atoms with Crippen molar-refractivity contribution in [2.45, 2.75) is 24.7 Å². The van der Waals surface area contributed by atoms with Gasteiger partial charge in [-0.1, -0.05) is 30.7 Å². The van der Waals surface area contributed by atoms with Crippen LogP contribution in [-0.4, -0.2) is 30.1 Å². The second-order valence-corrected chi connectivity index (χ2v) is 8.64. The summed E-state index contributed by atoms with van der Waals surface area (Å²) in [5, 5.41) is 0.206. The van der Waals surface area contributed by atoms with Crippen LogP contribution in [0.1, 0.15) is 18.3 Å². The number of hydrogen-bond acceptors (Lipinski definition) is 3. The molecule has 0 unspecified atom stereocenters. The van der Waals surface area contributed by atoms with E-state index < -0.39 is 9.84 Å². The molecule has 0 fully saturated rings. The van der Waals surface area contributed by atoms with Crippen LogP contribution in [0.3, 0.4) is 0 Å². The SMILES string of the molecule is CCc1nc2cc(S(C)(=O)=O)c(Cl)cc2n1-c1ccc(CCCl)cc1. The Kier molecular flexibility index (Phi) is 5.09. The smallest absolute Gasteiger partial charge is 0.177 e. The van der Waals surface area contributed by atoms with Crippen molar-refractivity contribution in [1.29, 1.82) is 0 Å². The van der Waals surface area contributed by atoms with Crippen LogP contribution in [0.2, 0.25) is 5.02 Å². The minimum Gasteiger partial charge on any atom is -0.296 e. The summed E-state index contributed by atoms with van der Waals surface area (Å²) in [6.07, 6.45) is 2.67. The van der Waals surface area contributed by atoms with E-state index >= 15 is 0 Å². The first-order valence-electron chi connectivity index (χ1n) is 7.91. The van der Waals surface area contributed by atoms with Crippen molar-refractivity contribution in [3.8, 4) is 5.69 Å². The number of hydrogen-bond donors (Lipinski definition) is 0. The van der Waals surface area contributed by atoms with Gasteiger partial charge in [-0.15, -0.1) is 11.6 Å². The van der Waals surface area contributed by atoms with Gasteiger partial charge in [0.05, 0.1) is 21.0 Å². The minimum absolute atomic E-state index is 0.103. The Morgan fingerprint density at radius 1 is 1.16 bits per heavy atom. The van der Waals surface area contributed by atoms with Crippen LogP contribution in [0.4, 0.5) is 0 Å². The molecule has 0 N–H and O–H groups in total. The third kappa shape index (κ3) is 3.54. The molecule has 4 nitrogen and oxygen atoms in total. The molecule has 3 rings (SSSR count). The largest absolute Gasteiger partial charge is 0.296 e. The van der Waals surface area contributed by atoms with Gasteiger partial charge >= 0.3 is 0 Å². The summed E-state index contributed by atoms with van der Waals surface area (Å²) in [6, 6.07) is 11.3. The second kappa shape index (κ2) is 6.98. The third-order valence-corrected chi connectivity index (χ3v) is 5.82. The van der Waals surface area contributed by atoms with Crippen LogP contribution >= 0.6 is 23.2 Å². The summed E-state index contributed by atoms with van der Waals surface area (Å²) in [7, 11) is -3.41. The number of aromatic nitrogens is 2. The topological polar surface area (TPSA) is 52.0 Å². The first kappa shape index (κ1) is 18.2. The van der Waals surface area contributed by atoms with E-state index in [-0.39, 0.29) is 9.92 Å². The highest BCUT2D eigenvalue weighted by atomic mass is 35.5. The first-order chi connectivity index (χ1) is 11.8. The zero-order valence-corrected chi connectivity index (χ0v) is 16.3. The number of fused-ring (bicyclic) bond motifs is 1. The lowest BCUT2D eigenvalue weighted by Crippen LogP contribution is -2.01. The van der Waals surface area contributed by atoms with Crippen LogP contribution in [0.25, 0.3) is 16.7 Å². The highest BCUT2D eigenvalue weighted by Crippen LogP contribution is 2.30. The van der Waals surface area contributed by atoms with Gasteiger partial charge in [0.1, 0.15) is 5.82 Å². The molecule has 0 saturated carbocycles. The summed E-state index contributed by atoms with van der Waals surface area (Å²) < 4.78 is 25.8. The zero-order valence-electron chi connectivity index (χ0n) is 14.0. The van der Waals surface area contributed by atoms with E-state index in [0.717, 1.165) is 29.7 Å². The van der Waals surface area contributed by atoms with Crippen molar-refractivity contribution in [3.05, 3.63) is 52.8 Å². The Bertz CT molecular complexity index is 1030. The van der Waals surface area contributed by atoms with Crippen LogP contribution in [0.5, 0.6) is 0 Å². The molecule has 0 spiro atoms. The molecular formula is C18H18Cl2N2O2S. The highest BCUT2D eigenvalue weighted by molar-refractivity contribution is 7.90. The molecule has 0 bridgehead atoms. The number of nitrogens with zero attached hydrogens (tertiary/aromatic N) is 2. The summed E-state index contributed by atoms with van der Waals surface area (Å²) in [5.41, 5.74) is 3.53. The van der Waals surface area contributed by atoms with Crippen molar-refractivity contribution in [2.24, 2.45) is 0 Å². The lowest BCUT2D eigenvalue weighted by atomic mass is 10.1. The number of sulfone groups is 1. The van der Waals surface area contributed by atoms with E-state index in [4.69, 9.17) is 23.2 Å². The first-order valence-corrected chi connectivity index (χ1v) is 10.7. The summed E-state index contributed by atoms with van der Waals surface area (Å²) in [5.74, 6) is 1.43. The predicted octanol–water partition coefficient (Wildman–Crippen LogP) is 4.43. The standard InChI is InChI=1S/C18H18Cl2N2O2S/c1-3-18-21-15-11-17(25(2,23)24)14(20)10-16(15)22(18)13-6-4-12(5-7-13)8-9-19/h4-7,10-11H,3,8-9H2,1-2H3. The van der Waals surface area contributed by atoms with Crippen molar-refractivity contribution in [1.82, 2.24) is 9.55 Å². The van der Waals surface area contributed by atoms with E-state index in [1.54, 1.807) is 12.1 Å². The monoisotopic (exact) mass is 396 g/mol. The third-order valence-electron chi connectivity index (χ3n) is 4.07. The number of alkyl halides is 1. The van der Waals surface area contributed by atoms with Gasteiger partial charge < -0.3 is 0 Å². The fraction of sp³-hybridized carbons (Fsp3) is 0.278. The summed E-state index contributed by atoms with van der Waals surface area (Å²) >= 11 is 12.0. The van der Waals surface area contributed by atoms with Crippen molar-refractivity contribution in [3.63, 3.8) is 0 Å². The molecule has 0 atom stereocenters. The number of imidazole rings is 1. The van der Waals surface area contributed by atoms with E-state index in [9.17, 15) is 8.42 Å². The van der Waals surface area contributed by atoms with Crippen LogP contribution in [-0.2, 0) is 22.7 Å². The van der Waals surface area contributed by atoms with Gasteiger partial charge in [-0.25, -0.2) is 13.4 Å². The van der Waals surface area contributed by atoms with E-state index in [0.29, 0.717) is 17.8 Å². The van der Waals surface area contributed by atoms with E-state index in [1.165, 1.54) is 5.56 Å². The molecule has 0 aliphatic rings. The number of benzene rings is 2. The zero-order chi connectivity index (χ0) is 18.2. The average molecular weight is 397 g/mol. The normalized spacial score (nSPS) is 12.0. The van der Waals surface area contributed by atoms with Crippen LogP contribution in [0.15, 0.2) is 41.3 Å². The van der Waals surface area contributed by atoms with Gasteiger partial charge in [-0.2, -0.15) is 0 Å². The van der Waals surface area contributed by atoms with Gasteiger partial charge in [0.2, 0.25) is 0 Å². The number of halogens is 2. The maximum absolute atomic E-state index is 11.9. The van der Waals surface area contributed by atoms with Crippen LogP contribution < -0.4 is 0 Å². The quantitative estimate of drug-likeness (QED) is 0.599. The number of rotatable bonds is 5. The molecule has 132 valence electrons. The Hall–Kier alpha value is -1.56. The molecule has 2 aromatic carbocycles. The highest BCUT2D eigenvalue weighted by Gasteiger charge is 2.18. The Morgan fingerprint density at radius 2 is 1.84 bits per heavy atom. The maximum Gasteiger partial charge on any atom is 0.177 e. The average Bonchev–Trinajstić information content (AvgIpc) is 2.92. The molecule has 1 aromatic heterocycles. The van der Waals surface area contributed by atoms with Crippen molar-refractivity contribution < 1.29 is 8.42 Å². The molecule has 0 saturated heterocycles. The molecule has 1 heterocycles. The fourth-order valence-corrected chi connectivity index (χ4v) is 4.39. The molecule has 7 heteroatoms. The van der Waals surface area contributed by atoms with Crippen LogP contribution in [0, 0.1) is 0 Å². The lowest BCUT2D eigenvalue weighted by molar-refractivity contribution is 0.602. The van der Waals surface area contributed by atoms with Gasteiger partial charge in [0.15, 0.2) is 9.84 Å². The fourth-order valence-electron chi connectivity index (χ4n) is 2.86. The van der Waals surface area contributed by atoms with Crippen molar-refractivity contribution >= 4 is 44.1 Å². The molecule has 25 heavy (non-hydrogen) atoms. The number of aryl methyl sites for hydroxylation is 2. The second-order valence-electron chi connectivity index (χ2n) is 5.87. The predicted molar refractivity (Wildman–Crippen MR) is 103 cm³/mol. The van der Waals surface area contributed by atoms with E-state index in [2.05, 4.69) is 4.98 Å². The van der Waals surface area contributed by atoms with Crippen molar-refractivity contribution in [2.75, 3.05) is 12.1 Å². The Balaban J connectivity index is 2.22. The lowest BCUT2D eigenvalue weighted by Gasteiger charge is -2.10. The molecule has 3 aromatic rings. The summed E-state index contributed by atoms with van der Waals surface area (Å²) in [6.45, 7) is 2.01.